The van der Waals surface area contributed by atoms with Gasteiger partial charge in [0.2, 0.25) is 0 Å². The van der Waals surface area contributed by atoms with Crippen LogP contribution in [0.5, 0.6) is 0 Å². The van der Waals surface area contributed by atoms with Gasteiger partial charge in [-0.25, -0.2) is 0 Å². The van der Waals surface area contributed by atoms with Crippen LogP contribution in [0.4, 0.5) is 0 Å². The van der Waals surface area contributed by atoms with E-state index in [1.165, 1.54) is 5.56 Å². The fourth-order valence-electron chi connectivity index (χ4n) is 2.15. The van der Waals surface area contributed by atoms with Crippen molar-refractivity contribution in [3.63, 3.8) is 0 Å². The number of nitrogens with zero attached hydrogens (tertiary/aromatic N) is 2. The van der Waals surface area contributed by atoms with Gasteiger partial charge in [-0.2, -0.15) is 0 Å². The monoisotopic (exact) mass is 263 g/mol. The highest BCUT2D eigenvalue weighted by Gasteiger charge is 2.22. The predicted octanol–water partition coefficient (Wildman–Crippen LogP) is 2.93. The molecule has 1 rings (SSSR count). The predicted molar refractivity (Wildman–Crippen MR) is 82.1 cm³/mol. The van der Waals surface area contributed by atoms with Crippen LogP contribution in [0, 0.1) is 5.41 Å². The Hall–Kier alpha value is -0.930. The topological polar surface area (TPSA) is 28.2 Å². The lowest BCUT2D eigenvalue weighted by molar-refractivity contribution is 0.186. The number of nitrogens with one attached hydrogen (secondary N) is 1. The summed E-state index contributed by atoms with van der Waals surface area (Å²) in [6.45, 7) is 14.3. The number of rotatable bonds is 6. The molecule has 0 bridgehead atoms. The smallest absolute Gasteiger partial charge is 0.0312 e. The van der Waals surface area contributed by atoms with Gasteiger partial charge in [0.05, 0.1) is 0 Å². The molecule has 0 spiro atoms. The van der Waals surface area contributed by atoms with E-state index in [-0.39, 0.29) is 11.0 Å². The molecule has 1 aromatic heterocycles. The van der Waals surface area contributed by atoms with Crippen molar-refractivity contribution in [1.29, 1.82) is 0 Å². The van der Waals surface area contributed by atoms with Crippen molar-refractivity contribution in [2.75, 3.05) is 20.1 Å². The van der Waals surface area contributed by atoms with E-state index in [0.717, 1.165) is 19.6 Å². The van der Waals surface area contributed by atoms with Crippen LogP contribution in [0.1, 0.15) is 40.2 Å². The van der Waals surface area contributed by atoms with Crippen molar-refractivity contribution < 1.29 is 0 Å². The van der Waals surface area contributed by atoms with Crippen LogP contribution >= 0.6 is 0 Å². The molecule has 3 heteroatoms. The molecule has 0 unspecified atom stereocenters. The van der Waals surface area contributed by atoms with Crippen LogP contribution in [-0.2, 0) is 6.54 Å². The molecule has 0 aliphatic heterocycles. The Morgan fingerprint density at radius 1 is 1.21 bits per heavy atom. The van der Waals surface area contributed by atoms with Crippen LogP contribution in [0.2, 0.25) is 0 Å². The van der Waals surface area contributed by atoms with Gasteiger partial charge in [0, 0.05) is 37.6 Å². The van der Waals surface area contributed by atoms with Gasteiger partial charge in [0.1, 0.15) is 0 Å². The molecule has 0 saturated carbocycles. The molecular weight excluding hydrogens is 234 g/mol. The minimum Gasteiger partial charge on any atom is -0.311 e. The molecule has 0 aliphatic carbocycles. The Morgan fingerprint density at radius 2 is 1.89 bits per heavy atom. The van der Waals surface area contributed by atoms with E-state index in [9.17, 15) is 0 Å². The lowest BCUT2D eigenvalue weighted by Crippen LogP contribution is -2.45. The molecule has 0 aliphatic rings. The zero-order chi connectivity index (χ0) is 14.5. The number of pyridine rings is 1. The summed E-state index contributed by atoms with van der Waals surface area (Å²) in [5.74, 6) is 0. The fraction of sp³-hybridized carbons (Fsp3) is 0.688. The van der Waals surface area contributed by atoms with Gasteiger partial charge in [-0.1, -0.05) is 19.9 Å². The minimum absolute atomic E-state index is 0.180. The maximum atomic E-state index is 4.16. The van der Waals surface area contributed by atoms with Gasteiger partial charge in [0.15, 0.2) is 0 Å². The van der Waals surface area contributed by atoms with Crippen molar-refractivity contribution in [2.24, 2.45) is 5.41 Å². The number of aromatic nitrogens is 1. The molecule has 1 N–H and O–H groups in total. The van der Waals surface area contributed by atoms with Crippen LogP contribution in [0.25, 0.3) is 0 Å². The maximum absolute atomic E-state index is 4.16. The van der Waals surface area contributed by atoms with Crippen LogP contribution in [0.3, 0.4) is 0 Å². The average Bonchev–Trinajstić information content (AvgIpc) is 2.26. The minimum atomic E-state index is 0.180. The first-order chi connectivity index (χ1) is 8.68. The average molecular weight is 263 g/mol. The summed E-state index contributed by atoms with van der Waals surface area (Å²) in [4.78, 5) is 6.53. The summed E-state index contributed by atoms with van der Waals surface area (Å²) < 4.78 is 0. The molecule has 19 heavy (non-hydrogen) atoms. The first-order valence-electron chi connectivity index (χ1n) is 7.00. The molecule has 3 nitrogen and oxygen atoms in total. The second kappa shape index (κ2) is 6.49. The first-order valence-corrected chi connectivity index (χ1v) is 7.00. The van der Waals surface area contributed by atoms with Crippen molar-refractivity contribution in [2.45, 2.75) is 46.7 Å². The van der Waals surface area contributed by atoms with Gasteiger partial charge in [-0.05, 0) is 44.9 Å². The van der Waals surface area contributed by atoms with Crippen molar-refractivity contribution in [3.05, 3.63) is 30.1 Å². The van der Waals surface area contributed by atoms with Crippen LogP contribution < -0.4 is 5.32 Å². The van der Waals surface area contributed by atoms with Gasteiger partial charge < -0.3 is 10.2 Å². The van der Waals surface area contributed by atoms with Gasteiger partial charge in [-0.3, -0.25) is 4.98 Å². The second-order valence-corrected chi connectivity index (χ2v) is 7.30. The number of hydrogen-bond donors (Lipinski definition) is 1. The third-order valence-electron chi connectivity index (χ3n) is 2.97. The molecule has 1 heterocycles. The van der Waals surface area contributed by atoms with Gasteiger partial charge in [0.25, 0.3) is 0 Å². The molecule has 0 amide bonds. The van der Waals surface area contributed by atoms with Crippen LogP contribution in [-0.4, -0.2) is 35.6 Å². The Kier molecular flexibility index (Phi) is 5.50. The SMILES string of the molecule is CN(Cc1cccnc1)CC(C)(C)CNC(C)(C)C. The van der Waals surface area contributed by atoms with Gasteiger partial charge in [-0.15, -0.1) is 0 Å². The van der Waals surface area contributed by atoms with E-state index < -0.39 is 0 Å². The normalized spacial score (nSPS) is 13.0. The lowest BCUT2D eigenvalue weighted by Gasteiger charge is -2.33. The highest BCUT2D eigenvalue weighted by molar-refractivity contribution is 5.08. The Labute approximate surface area is 118 Å². The molecule has 0 aromatic carbocycles. The summed E-state index contributed by atoms with van der Waals surface area (Å²) in [5, 5.41) is 3.59. The quantitative estimate of drug-likeness (QED) is 0.855. The van der Waals surface area contributed by atoms with Gasteiger partial charge >= 0.3 is 0 Å². The lowest BCUT2D eigenvalue weighted by atomic mass is 9.91. The summed E-state index contributed by atoms with van der Waals surface area (Å²) in [5.41, 5.74) is 1.70. The maximum Gasteiger partial charge on any atom is 0.0312 e. The molecule has 108 valence electrons. The molecule has 0 radical (unpaired) electrons. The number of hydrogen-bond acceptors (Lipinski definition) is 3. The summed E-state index contributed by atoms with van der Waals surface area (Å²) >= 11 is 0. The molecule has 1 aromatic rings. The van der Waals surface area contributed by atoms with Crippen LogP contribution in [0.15, 0.2) is 24.5 Å². The van der Waals surface area contributed by atoms with E-state index >= 15 is 0 Å². The molecule has 0 fully saturated rings. The van der Waals surface area contributed by atoms with Crippen molar-refractivity contribution in [1.82, 2.24) is 15.2 Å². The Balaban J connectivity index is 2.44. The summed E-state index contributed by atoms with van der Waals surface area (Å²) in [6.07, 6.45) is 3.76. The molecule has 0 atom stereocenters. The summed E-state index contributed by atoms with van der Waals surface area (Å²) in [6, 6.07) is 4.12. The van der Waals surface area contributed by atoms with E-state index in [2.05, 4.69) is 62.9 Å². The summed E-state index contributed by atoms with van der Waals surface area (Å²) in [7, 11) is 2.17. The third-order valence-corrected chi connectivity index (χ3v) is 2.97. The van der Waals surface area contributed by atoms with E-state index in [0.29, 0.717) is 0 Å². The fourth-order valence-corrected chi connectivity index (χ4v) is 2.15. The van der Waals surface area contributed by atoms with E-state index in [4.69, 9.17) is 0 Å². The standard InChI is InChI=1S/C16H29N3/c1-15(2,3)18-12-16(4,5)13-19(6)11-14-8-7-9-17-10-14/h7-10,18H,11-13H2,1-6H3. The molecular formula is C16H29N3. The third kappa shape index (κ3) is 7.28. The Morgan fingerprint density at radius 3 is 2.42 bits per heavy atom. The zero-order valence-electron chi connectivity index (χ0n) is 13.3. The van der Waals surface area contributed by atoms with E-state index in [1.807, 2.05) is 18.5 Å². The highest BCUT2D eigenvalue weighted by atomic mass is 15.1. The largest absolute Gasteiger partial charge is 0.311 e. The Bertz CT molecular complexity index is 365. The first kappa shape index (κ1) is 16.1. The van der Waals surface area contributed by atoms with E-state index in [1.54, 1.807) is 0 Å². The van der Waals surface area contributed by atoms with Crippen molar-refractivity contribution >= 4 is 0 Å². The van der Waals surface area contributed by atoms with Crippen molar-refractivity contribution in [3.8, 4) is 0 Å². The highest BCUT2D eigenvalue weighted by Crippen LogP contribution is 2.17. The second-order valence-electron chi connectivity index (χ2n) is 7.30. The molecule has 0 saturated heterocycles. The zero-order valence-corrected chi connectivity index (χ0v) is 13.3.